The number of hydrogen-bond donors (Lipinski definition) is 0. The zero-order valence-corrected chi connectivity index (χ0v) is 10.1. The Morgan fingerprint density at radius 1 is 1.41 bits per heavy atom. The molecule has 0 radical (unpaired) electrons. The van der Waals surface area contributed by atoms with Crippen molar-refractivity contribution in [2.75, 3.05) is 20.7 Å². The van der Waals surface area contributed by atoms with E-state index in [1.807, 2.05) is 12.1 Å². The highest BCUT2D eigenvalue weighted by Gasteiger charge is 2.11. The standard InChI is InChI=1S/C12H17NO4/c1-13(8-7-10-4-3-9-17-10)11(14)5-6-12(15)16-2/h3-4,9H,5-8H2,1-2H3. The van der Waals surface area contributed by atoms with Gasteiger partial charge in [0.25, 0.3) is 0 Å². The van der Waals surface area contributed by atoms with Crippen LogP contribution in [0, 0.1) is 0 Å². The van der Waals surface area contributed by atoms with Crippen molar-refractivity contribution < 1.29 is 18.7 Å². The number of hydrogen-bond acceptors (Lipinski definition) is 4. The molecule has 1 aromatic heterocycles. The van der Waals surface area contributed by atoms with E-state index in [4.69, 9.17) is 4.42 Å². The normalized spacial score (nSPS) is 10.0. The molecule has 0 aliphatic heterocycles. The Balaban J connectivity index is 2.24. The van der Waals surface area contributed by atoms with E-state index in [1.165, 1.54) is 7.11 Å². The maximum absolute atomic E-state index is 11.6. The number of carbonyl (C=O) groups excluding carboxylic acids is 2. The number of carbonyl (C=O) groups is 2. The summed E-state index contributed by atoms with van der Waals surface area (Å²) in [6.45, 7) is 0.577. The summed E-state index contributed by atoms with van der Waals surface area (Å²) in [7, 11) is 3.02. The molecular formula is C12H17NO4. The number of rotatable bonds is 6. The zero-order chi connectivity index (χ0) is 12.7. The number of nitrogens with zero attached hydrogens (tertiary/aromatic N) is 1. The van der Waals surface area contributed by atoms with Crippen LogP contribution in [0.2, 0.25) is 0 Å². The minimum Gasteiger partial charge on any atom is -0.469 e. The minimum absolute atomic E-state index is 0.0676. The molecule has 1 rings (SSSR count). The highest BCUT2D eigenvalue weighted by molar-refractivity contribution is 5.81. The molecule has 0 N–H and O–H groups in total. The van der Waals surface area contributed by atoms with Crippen LogP contribution >= 0.6 is 0 Å². The first-order chi connectivity index (χ1) is 8.13. The monoisotopic (exact) mass is 239 g/mol. The molecule has 0 saturated heterocycles. The summed E-state index contributed by atoms with van der Waals surface area (Å²) in [4.78, 5) is 24.1. The molecule has 0 unspecified atom stereocenters. The quantitative estimate of drug-likeness (QED) is 0.701. The van der Waals surface area contributed by atoms with Gasteiger partial charge in [-0.05, 0) is 12.1 Å². The molecule has 0 aliphatic carbocycles. The molecule has 17 heavy (non-hydrogen) atoms. The van der Waals surface area contributed by atoms with Crippen LogP contribution in [0.1, 0.15) is 18.6 Å². The Hall–Kier alpha value is -1.78. The van der Waals surface area contributed by atoms with Crippen molar-refractivity contribution >= 4 is 11.9 Å². The number of likely N-dealkylation sites (N-methyl/N-ethyl adjacent to an activating group) is 1. The van der Waals surface area contributed by atoms with E-state index < -0.39 is 0 Å². The topological polar surface area (TPSA) is 59.8 Å². The molecule has 5 nitrogen and oxygen atoms in total. The molecule has 0 atom stereocenters. The predicted octanol–water partition coefficient (Wildman–Crippen LogP) is 1.23. The molecule has 1 heterocycles. The van der Waals surface area contributed by atoms with Crippen molar-refractivity contribution in [1.82, 2.24) is 4.90 Å². The van der Waals surface area contributed by atoms with Crippen molar-refractivity contribution in [2.45, 2.75) is 19.3 Å². The van der Waals surface area contributed by atoms with E-state index in [1.54, 1.807) is 18.2 Å². The molecule has 0 fully saturated rings. The van der Waals surface area contributed by atoms with Crippen LogP contribution in [-0.2, 0) is 20.7 Å². The fourth-order valence-corrected chi connectivity index (χ4v) is 1.36. The minimum atomic E-state index is -0.363. The summed E-state index contributed by atoms with van der Waals surface area (Å²) in [5.41, 5.74) is 0. The molecule has 5 heteroatoms. The van der Waals surface area contributed by atoms with Gasteiger partial charge in [0.05, 0.1) is 19.8 Å². The van der Waals surface area contributed by atoms with Crippen LogP contribution in [0.25, 0.3) is 0 Å². The summed E-state index contributed by atoms with van der Waals surface area (Å²) in [6.07, 6.45) is 2.59. The Morgan fingerprint density at radius 2 is 2.18 bits per heavy atom. The summed E-state index contributed by atoms with van der Waals surface area (Å²) in [6, 6.07) is 3.68. The smallest absolute Gasteiger partial charge is 0.306 e. The lowest BCUT2D eigenvalue weighted by molar-refractivity contribution is -0.143. The van der Waals surface area contributed by atoms with Gasteiger partial charge in [0, 0.05) is 26.4 Å². The first-order valence-corrected chi connectivity index (χ1v) is 5.46. The van der Waals surface area contributed by atoms with Crippen molar-refractivity contribution in [3.05, 3.63) is 24.2 Å². The molecule has 94 valence electrons. The summed E-state index contributed by atoms with van der Waals surface area (Å²) >= 11 is 0. The average Bonchev–Trinajstić information content (AvgIpc) is 2.85. The first kappa shape index (κ1) is 13.3. The molecule has 0 aromatic carbocycles. The van der Waals surface area contributed by atoms with E-state index in [0.29, 0.717) is 13.0 Å². The predicted molar refractivity (Wildman–Crippen MR) is 61.3 cm³/mol. The number of ether oxygens (including phenoxy) is 1. The molecule has 0 bridgehead atoms. The lowest BCUT2D eigenvalue weighted by Crippen LogP contribution is -2.29. The first-order valence-electron chi connectivity index (χ1n) is 5.46. The number of esters is 1. The van der Waals surface area contributed by atoms with E-state index >= 15 is 0 Å². The fraction of sp³-hybridized carbons (Fsp3) is 0.500. The van der Waals surface area contributed by atoms with Crippen LogP contribution in [-0.4, -0.2) is 37.5 Å². The summed E-state index contributed by atoms with van der Waals surface area (Å²) in [5, 5.41) is 0. The second kappa shape index (κ2) is 6.73. The average molecular weight is 239 g/mol. The second-order valence-corrected chi connectivity index (χ2v) is 3.72. The lowest BCUT2D eigenvalue weighted by atomic mass is 10.2. The van der Waals surface area contributed by atoms with Crippen molar-refractivity contribution in [1.29, 1.82) is 0 Å². The maximum atomic E-state index is 11.6. The molecule has 0 spiro atoms. The van der Waals surface area contributed by atoms with Crippen LogP contribution in [0.3, 0.4) is 0 Å². The van der Waals surface area contributed by atoms with Gasteiger partial charge >= 0.3 is 5.97 Å². The van der Waals surface area contributed by atoms with E-state index in [9.17, 15) is 9.59 Å². The van der Waals surface area contributed by atoms with Gasteiger partial charge in [-0.15, -0.1) is 0 Å². The van der Waals surface area contributed by atoms with Crippen LogP contribution in [0.15, 0.2) is 22.8 Å². The molecule has 0 aliphatic rings. The van der Waals surface area contributed by atoms with Crippen LogP contribution < -0.4 is 0 Å². The Bertz CT molecular complexity index is 359. The maximum Gasteiger partial charge on any atom is 0.306 e. The van der Waals surface area contributed by atoms with E-state index in [-0.39, 0.29) is 24.7 Å². The van der Waals surface area contributed by atoms with Gasteiger partial charge in [0.2, 0.25) is 5.91 Å². The third kappa shape index (κ3) is 4.72. The Kier molecular flexibility index (Phi) is 5.26. The van der Waals surface area contributed by atoms with Gasteiger partial charge in [-0.25, -0.2) is 0 Å². The van der Waals surface area contributed by atoms with Crippen molar-refractivity contribution in [3.63, 3.8) is 0 Å². The molecular weight excluding hydrogens is 222 g/mol. The van der Waals surface area contributed by atoms with Gasteiger partial charge < -0.3 is 14.1 Å². The molecule has 1 amide bonds. The summed E-state index contributed by atoms with van der Waals surface area (Å²) < 4.78 is 9.64. The fourth-order valence-electron chi connectivity index (χ4n) is 1.36. The third-order valence-corrected chi connectivity index (χ3v) is 2.47. The van der Waals surface area contributed by atoms with Gasteiger partial charge in [-0.3, -0.25) is 9.59 Å². The SMILES string of the molecule is COC(=O)CCC(=O)N(C)CCc1ccco1. The summed E-state index contributed by atoms with van der Waals surface area (Å²) in [5.74, 6) is 0.414. The van der Waals surface area contributed by atoms with Gasteiger partial charge in [-0.1, -0.05) is 0 Å². The molecule has 1 aromatic rings. The highest BCUT2D eigenvalue weighted by Crippen LogP contribution is 2.03. The molecule has 0 saturated carbocycles. The van der Waals surface area contributed by atoms with Gasteiger partial charge in [0.15, 0.2) is 0 Å². The van der Waals surface area contributed by atoms with E-state index in [0.717, 1.165) is 5.76 Å². The number of amides is 1. The third-order valence-electron chi connectivity index (χ3n) is 2.47. The van der Waals surface area contributed by atoms with Crippen molar-refractivity contribution in [2.24, 2.45) is 0 Å². The zero-order valence-electron chi connectivity index (χ0n) is 10.1. The van der Waals surface area contributed by atoms with Gasteiger partial charge in [0.1, 0.15) is 5.76 Å². The lowest BCUT2D eigenvalue weighted by Gasteiger charge is -2.15. The number of furan rings is 1. The van der Waals surface area contributed by atoms with Gasteiger partial charge in [-0.2, -0.15) is 0 Å². The highest BCUT2D eigenvalue weighted by atomic mass is 16.5. The Morgan fingerprint density at radius 3 is 2.76 bits per heavy atom. The largest absolute Gasteiger partial charge is 0.469 e. The van der Waals surface area contributed by atoms with Crippen molar-refractivity contribution in [3.8, 4) is 0 Å². The second-order valence-electron chi connectivity index (χ2n) is 3.72. The van der Waals surface area contributed by atoms with Crippen LogP contribution in [0.5, 0.6) is 0 Å². The Labute approximate surface area is 100 Å². The van der Waals surface area contributed by atoms with Crippen LogP contribution in [0.4, 0.5) is 0 Å². The van der Waals surface area contributed by atoms with E-state index in [2.05, 4.69) is 4.74 Å². The number of methoxy groups -OCH3 is 1.